The van der Waals surface area contributed by atoms with E-state index < -0.39 is 0 Å². The molecule has 9 rings (SSSR count). The molecule has 3 aromatic carbocycles. The van der Waals surface area contributed by atoms with Crippen LogP contribution in [0, 0.1) is 0 Å². The van der Waals surface area contributed by atoms with Crippen molar-refractivity contribution in [1.82, 2.24) is 40.0 Å². The van der Waals surface area contributed by atoms with Gasteiger partial charge in [-0.2, -0.15) is 0 Å². The van der Waals surface area contributed by atoms with Crippen molar-refractivity contribution >= 4 is 28.0 Å². The number of aromatic nitrogens is 5. The van der Waals surface area contributed by atoms with Gasteiger partial charge >= 0.3 is 0 Å². The van der Waals surface area contributed by atoms with Crippen molar-refractivity contribution in [2.45, 2.75) is 62.8 Å². The highest BCUT2D eigenvalue weighted by Crippen LogP contribution is 2.37. The van der Waals surface area contributed by atoms with E-state index in [4.69, 9.17) is 14.4 Å². The molecule has 11 heteroatoms. The van der Waals surface area contributed by atoms with Crippen molar-refractivity contribution in [1.29, 1.82) is 0 Å². The first-order chi connectivity index (χ1) is 24.1. The van der Waals surface area contributed by atoms with Crippen LogP contribution in [0.25, 0.3) is 44.8 Å². The molecule has 0 bridgehead atoms. The number of imidazole rings is 2. The lowest BCUT2D eigenvalue weighted by molar-refractivity contribution is -0.139. The standard InChI is InChI=1S/C38H40N8O3/c47-25-15-19-45(20-16-25)34(23-7-2-1-3-8-23)38(48)46-18-6-12-31(46)36-41-27-14-13-24(21-30(27)43-36)32-22-40-37(49-32)26-9-4-10-28-33(26)44-35(42-28)29-11-5-17-39-29/h1-4,7-10,13-14,21-22,25,29,31,34,39,47H,5-6,11-12,15-20H2,(H,41,43)(H,42,44)/t29-,31-,34?/m0/s1. The summed E-state index contributed by atoms with van der Waals surface area (Å²) in [4.78, 5) is 40.3. The van der Waals surface area contributed by atoms with Gasteiger partial charge in [0.1, 0.15) is 23.2 Å². The van der Waals surface area contributed by atoms with Crippen LogP contribution in [0.4, 0.5) is 0 Å². The number of hydrogen-bond donors (Lipinski definition) is 4. The van der Waals surface area contributed by atoms with E-state index in [1.807, 2.05) is 71.6 Å². The summed E-state index contributed by atoms with van der Waals surface area (Å²) < 4.78 is 6.34. The highest BCUT2D eigenvalue weighted by Gasteiger charge is 2.39. The minimum absolute atomic E-state index is 0.0963. The Morgan fingerprint density at radius 3 is 2.57 bits per heavy atom. The van der Waals surface area contributed by atoms with Crippen LogP contribution in [0.5, 0.6) is 0 Å². The zero-order chi connectivity index (χ0) is 32.9. The van der Waals surface area contributed by atoms with E-state index in [9.17, 15) is 9.90 Å². The van der Waals surface area contributed by atoms with Gasteiger partial charge in [0.25, 0.3) is 0 Å². The Labute approximate surface area is 283 Å². The Morgan fingerprint density at radius 2 is 1.73 bits per heavy atom. The van der Waals surface area contributed by atoms with E-state index in [2.05, 4.69) is 25.2 Å². The van der Waals surface area contributed by atoms with Crippen molar-refractivity contribution in [3.8, 4) is 22.8 Å². The normalized spacial score (nSPS) is 21.3. The van der Waals surface area contributed by atoms with Gasteiger partial charge in [-0.3, -0.25) is 9.69 Å². The predicted molar refractivity (Wildman–Crippen MR) is 186 cm³/mol. The van der Waals surface area contributed by atoms with E-state index >= 15 is 0 Å². The summed E-state index contributed by atoms with van der Waals surface area (Å²) in [6, 6.07) is 21.9. The van der Waals surface area contributed by atoms with Gasteiger partial charge in [-0.05, 0) is 81.0 Å². The number of aromatic amines is 2. The largest absolute Gasteiger partial charge is 0.436 e. The quantitative estimate of drug-likeness (QED) is 0.163. The number of nitrogens with zero attached hydrogens (tertiary/aromatic N) is 5. The zero-order valence-electron chi connectivity index (χ0n) is 27.3. The lowest BCUT2D eigenvalue weighted by Crippen LogP contribution is -2.46. The second kappa shape index (κ2) is 12.6. The number of H-pyrrole nitrogens is 2. The van der Waals surface area contributed by atoms with Crippen LogP contribution in [0.2, 0.25) is 0 Å². The van der Waals surface area contributed by atoms with E-state index in [1.54, 1.807) is 6.20 Å². The van der Waals surface area contributed by atoms with E-state index in [1.165, 1.54) is 0 Å². The Morgan fingerprint density at radius 1 is 0.878 bits per heavy atom. The number of piperidine rings is 1. The van der Waals surface area contributed by atoms with Crippen molar-refractivity contribution in [2.75, 3.05) is 26.2 Å². The smallest absolute Gasteiger partial charge is 0.245 e. The van der Waals surface area contributed by atoms with Crippen LogP contribution in [-0.4, -0.2) is 78.0 Å². The summed E-state index contributed by atoms with van der Waals surface area (Å²) in [5.41, 5.74) is 6.28. The molecule has 4 N–H and O–H groups in total. The maximum Gasteiger partial charge on any atom is 0.245 e. The fourth-order valence-electron chi connectivity index (χ4n) is 7.94. The van der Waals surface area contributed by atoms with Crippen molar-refractivity contribution in [3.05, 3.63) is 90.1 Å². The van der Waals surface area contributed by atoms with Crippen molar-refractivity contribution < 1.29 is 14.3 Å². The van der Waals surface area contributed by atoms with Crippen LogP contribution in [-0.2, 0) is 4.79 Å². The molecule has 0 aliphatic carbocycles. The van der Waals surface area contributed by atoms with Gasteiger partial charge < -0.3 is 29.7 Å². The highest BCUT2D eigenvalue weighted by molar-refractivity contribution is 5.90. The van der Waals surface area contributed by atoms with Crippen LogP contribution >= 0.6 is 0 Å². The van der Waals surface area contributed by atoms with Gasteiger partial charge in [0.05, 0.1) is 46.5 Å². The summed E-state index contributed by atoms with van der Waals surface area (Å²) in [7, 11) is 0. The molecule has 11 nitrogen and oxygen atoms in total. The molecule has 3 aliphatic heterocycles. The maximum atomic E-state index is 14.4. The number of aliphatic hydroxyl groups is 1. The van der Waals surface area contributed by atoms with Crippen LogP contribution < -0.4 is 5.32 Å². The number of hydrogen-bond acceptors (Lipinski definition) is 8. The molecular weight excluding hydrogens is 616 g/mol. The van der Waals surface area contributed by atoms with E-state index in [0.29, 0.717) is 44.1 Å². The SMILES string of the molecule is O=C(C(c1ccccc1)N1CCC(O)CC1)N1CCC[C@H]1c1nc2cc(-c3cnc(-c4cccc5[nH]c([C@@H]6CCCN6)nc45)o3)ccc2[nH]1. The number of oxazole rings is 1. The monoisotopic (exact) mass is 656 g/mol. The number of fused-ring (bicyclic) bond motifs is 2. The first-order valence-electron chi connectivity index (χ1n) is 17.5. The summed E-state index contributed by atoms with van der Waals surface area (Å²) >= 11 is 0. The number of para-hydroxylation sites is 1. The number of benzene rings is 3. The third kappa shape index (κ3) is 5.61. The number of aliphatic hydroxyl groups excluding tert-OH is 1. The van der Waals surface area contributed by atoms with Crippen LogP contribution in [0.3, 0.4) is 0 Å². The molecule has 49 heavy (non-hydrogen) atoms. The first kappa shape index (κ1) is 30.2. The Bertz CT molecular complexity index is 2110. The summed E-state index contributed by atoms with van der Waals surface area (Å²) in [5, 5.41) is 13.7. The molecule has 1 amide bonds. The lowest BCUT2D eigenvalue weighted by atomic mass is 9.99. The molecule has 3 aromatic heterocycles. The van der Waals surface area contributed by atoms with Crippen LogP contribution in [0.15, 0.2) is 77.3 Å². The van der Waals surface area contributed by atoms with E-state index in [0.717, 1.165) is 82.6 Å². The Kier molecular flexibility index (Phi) is 7.75. The Balaban J connectivity index is 0.981. The number of amides is 1. The van der Waals surface area contributed by atoms with Gasteiger partial charge in [0, 0.05) is 25.2 Å². The summed E-state index contributed by atoms with van der Waals surface area (Å²) in [5.74, 6) is 3.03. The van der Waals surface area contributed by atoms with Gasteiger partial charge in [-0.15, -0.1) is 0 Å². The fraction of sp³-hybridized carbons (Fsp3) is 0.368. The average molecular weight is 657 g/mol. The molecule has 0 saturated carbocycles. The third-order valence-electron chi connectivity index (χ3n) is 10.5. The van der Waals surface area contributed by atoms with Gasteiger partial charge in [-0.1, -0.05) is 36.4 Å². The topological polar surface area (TPSA) is 139 Å². The summed E-state index contributed by atoms with van der Waals surface area (Å²) in [6.07, 6.45) is 6.80. The summed E-state index contributed by atoms with van der Waals surface area (Å²) in [6.45, 7) is 3.08. The predicted octanol–water partition coefficient (Wildman–Crippen LogP) is 6.05. The minimum Gasteiger partial charge on any atom is -0.436 e. The van der Waals surface area contributed by atoms with Gasteiger partial charge in [0.15, 0.2) is 5.76 Å². The van der Waals surface area contributed by atoms with Gasteiger partial charge in [-0.25, -0.2) is 15.0 Å². The van der Waals surface area contributed by atoms with Crippen LogP contribution in [0.1, 0.15) is 73.9 Å². The molecule has 0 spiro atoms. The molecular formula is C38H40N8O3. The van der Waals surface area contributed by atoms with E-state index in [-0.39, 0.29) is 30.1 Å². The zero-order valence-corrected chi connectivity index (χ0v) is 27.3. The fourth-order valence-corrected chi connectivity index (χ4v) is 7.94. The van der Waals surface area contributed by atoms with Crippen molar-refractivity contribution in [3.63, 3.8) is 0 Å². The number of nitrogens with one attached hydrogen (secondary N) is 3. The number of likely N-dealkylation sites (tertiary alicyclic amines) is 2. The second-order valence-electron chi connectivity index (χ2n) is 13.6. The Hall–Kier alpha value is -4.84. The molecule has 1 unspecified atom stereocenters. The lowest BCUT2D eigenvalue weighted by Gasteiger charge is -2.38. The molecule has 3 aliphatic rings. The molecule has 250 valence electrons. The second-order valence-corrected chi connectivity index (χ2v) is 13.6. The molecule has 6 heterocycles. The number of rotatable bonds is 7. The number of carbonyl (C=O) groups excluding carboxylic acids is 1. The third-order valence-corrected chi connectivity index (χ3v) is 10.5. The highest BCUT2D eigenvalue weighted by atomic mass is 16.4. The molecule has 0 radical (unpaired) electrons. The number of carbonyl (C=O) groups is 1. The molecule has 3 saturated heterocycles. The van der Waals surface area contributed by atoms with Gasteiger partial charge in [0.2, 0.25) is 11.8 Å². The molecule has 3 fully saturated rings. The molecule has 3 atom stereocenters. The maximum absolute atomic E-state index is 14.4. The first-order valence-corrected chi connectivity index (χ1v) is 17.5. The molecule has 6 aromatic rings. The average Bonchev–Trinajstić information content (AvgIpc) is 3.98. The minimum atomic E-state index is -0.385. The van der Waals surface area contributed by atoms with Crippen molar-refractivity contribution in [2.24, 2.45) is 0 Å².